The van der Waals surface area contributed by atoms with Gasteiger partial charge in [-0.05, 0) is 6.07 Å². The van der Waals surface area contributed by atoms with Crippen LogP contribution in [0.25, 0.3) is 0 Å². The molecular weight excluding hydrogens is 270 g/mol. The lowest BCUT2D eigenvalue weighted by Gasteiger charge is -2.07. The first-order valence-corrected chi connectivity index (χ1v) is 6.15. The van der Waals surface area contributed by atoms with Gasteiger partial charge in [-0.2, -0.15) is 10.5 Å². The largest absolute Gasteiger partial charge is 0.492 e. The van der Waals surface area contributed by atoms with Crippen LogP contribution in [0.15, 0.2) is 24.3 Å². The summed E-state index contributed by atoms with van der Waals surface area (Å²) < 4.78 is 5.45. The molecule has 0 radical (unpaired) electrons. The number of aromatic amines is 1. The van der Waals surface area contributed by atoms with Gasteiger partial charge in [0.2, 0.25) is 11.9 Å². The Kier molecular flexibility index (Phi) is 3.02. The topological polar surface area (TPSA) is 115 Å². The summed E-state index contributed by atoms with van der Waals surface area (Å²) in [5.41, 5.74) is 0.786. The van der Waals surface area contributed by atoms with E-state index in [1.807, 2.05) is 24.3 Å². The fourth-order valence-corrected chi connectivity index (χ4v) is 2.18. The summed E-state index contributed by atoms with van der Waals surface area (Å²) in [5.74, 6) is 0.0232. The normalized spacial score (nSPS) is 15.4. The minimum atomic E-state index is -0.442. The zero-order valence-electron chi connectivity index (χ0n) is 10.8. The van der Waals surface area contributed by atoms with Crippen molar-refractivity contribution in [2.75, 3.05) is 11.9 Å². The number of anilines is 1. The van der Waals surface area contributed by atoms with Gasteiger partial charge in [-0.25, -0.2) is 4.98 Å². The molecule has 1 aliphatic heterocycles. The third kappa shape index (κ3) is 2.17. The van der Waals surface area contributed by atoms with Crippen LogP contribution in [0.4, 0.5) is 5.95 Å². The summed E-state index contributed by atoms with van der Waals surface area (Å²) >= 11 is 0. The van der Waals surface area contributed by atoms with E-state index in [9.17, 15) is 4.79 Å². The molecule has 7 nitrogen and oxygen atoms in total. The molecule has 1 aromatic heterocycles. The predicted molar refractivity (Wildman–Crippen MR) is 71.3 cm³/mol. The van der Waals surface area contributed by atoms with Gasteiger partial charge in [0.15, 0.2) is 11.4 Å². The van der Waals surface area contributed by atoms with E-state index in [0.29, 0.717) is 5.75 Å². The maximum absolute atomic E-state index is 12.3. The van der Waals surface area contributed by atoms with Crippen molar-refractivity contribution >= 4 is 11.9 Å². The van der Waals surface area contributed by atoms with Gasteiger partial charge in [-0.3, -0.25) is 10.1 Å². The Labute approximate surface area is 119 Å². The number of carbonyl (C=O) groups excluding carboxylic acids is 1. The quantitative estimate of drug-likeness (QED) is 0.859. The highest BCUT2D eigenvalue weighted by Crippen LogP contribution is 2.33. The van der Waals surface area contributed by atoms with Gasteiger partial charge in [-0.1, -0.05) is 18.2 Å². The lowest BCUT2D eigenvalue weighted by molar-refractivity contribution is -0.117. The number of carbonyl (C=O) groups is 1. The molecule has 0 spiro atoms. The monoisotopic (exact) mass is 279 g/mol. The molecule has 21 heavy (non-hydrogen) atoms. The van der Waals surface area contributed by atoms with Gasteiger partial charge in [0.1, 0.15) is 30.4 Å². The van der Waals surface area contributed by atoms with Crippen LogP contribution in [-0.2, 0) is 4.79 Å². The van der Waals surface area contributed by atoms with Gasteiger partial charge in [0.25, 0.3) is 0 Å². The van der Waals surface area contributed by atoms with Crippen LogP contribution < -0.4 is 10.1 Å². The van der Waals surface area contributed by atoms with Crippen LogP contribution in [0, 0.1) is 22.7 Å². The smallest absolute Gasteiger partial charge is 0.237 e. The third-order valence-corrected chi connectivity index (χ3v) is 3.18. The van der Waals surface area contributed by atoms with Crippen molar-refractivity contribution in [3.8, 4) is 17.9 Å². The molecule has 1 aliphatic rings. The zero-order valence-corrected chi connectivity index (χ0v) is 10.8. The van der Waals surface area contributed by atoms with Crippen LogP contribution in [0.3, 0.4) is 0 Å². The summed E-state index contributed by atoms with van der Waals surface area (Å²) in [6.07, 6.45) is 0. The van der Waals surface area contributed by atoms with E-state index in [1.54, 1.807) is 12.1 Å². The van der Waals surface area contributed by atoms with E-state index in [0.717, 1.165) is 5.56 Å². The Hall–Kier alpha value is -3.32. The fraction of sp³-hybridized carbons (Fsp3) is 0.143. The predicted octanol–water partition coefficient (Wildman–Crippen LogP) is 1.27. The molecule has 7 heteroatoms. The summed E-state index contributed by atoms with van der Waals surface area (Å²) in [5, 5.41) is 20.2. The molecule has 1 unspecified atom stereocenters. The second-order valence-electron chi connectivity index (χ2n) is 4.42. The Morgan fingerprint density at radius 3 is 2.90 bits per heavy atom. The van der Waals surface area contributed by atoms with E-state index in [4.69, 9.17) is 15.3 Å². The first-order valence-electron chi connectivity index (χ1n) is 6.15. The Balaban J connectivity index is 1.81. The standard InChI is InChI=1S/C14H9N5O2/c15-5-10-11(6-16)18-14(17-10)19-13(20)9-7-21-12-4-2-1-3-8(9)12/h1-4,9H,7H2,(H2,17,18,19,20). The summed E-state index contributed by atoms with van der Waals surface area (Å²) in [4.78, 5) is 18.7. The van der Waals surface area contributed by atoms with Crippen molar-refractivity contribution in [2.24, 2.45) is 0 Å². The lowest BCUT2D eigenvalue weighted by atomic mass is 10.0. The number of imidazole rings is 1. The van der Waals surface area contributed by atoms with Crippen molar-refractivity contribution in [3.63, 3.8) is 0 Å². The van der Waals surface area contributed by atoms with Crippen LogP contribution in [0.1, 0.15) is 22.9 Å². The molecule has 2 N–H and O–H groups in total. The second-order valence-corrected chi connectivity index (χ2v) is 4.42. The van der Waals surface area contributed by atoms with Crippen LogP contribution >= 0.6 is 0 Å². The molecule has 2 aromatic rings. The van der Waals surface area contributed by atoms with E-state index >= 15 is 0 Å². The Morgan fingerprint density at radius 1 is 1.38 bits per heavy atom. The number of nitrogens with one attached hydrogen (secondary N) is 2. The van der Waals surface area contributed by atoms with Gasteiger partial charge in [0.05, 0.1) is 0 Å². The van der Waals surface area contributed by atoms with Crippen LogP contribution in [0.2, 0.25) is 0 Å². The number of benzene rings is 1. The number of fused-ring (bicyclic) bond motifs is 1. The van der Waals surface area contributed by atoms with Gasteiger partial charge in [0, 0.05) is 5.56 Å². The number of rotatable bonds is 2. The molecule has 0 saturated heterocycles. The summed E-state index contributed by atoms with van der Waals surface area (Å²) in [6, 6.07) is 10.9. The summed E-state index contributed by atoms with van der Waals surface area (Å²) in [7, 11) is 0. The van der Waals surface area contributed by atoms with E-state index in [-0.39, 0.29) is 29.9 Å². The van der Waals surface area contributed by atoms with Crippen molar-refractivity contribution in [3.05, 3.63) is 41.2 Å². The number of nitrogens with zero attached hydrogens (tertiary/aromatic N) is 3. The second kappa shape index (κ2) is 4.99. The van der Waals surface area contributed by atoms with Crippen molar-refractivity contribution in [1.82, 2.24) is 9.97 Å². The van der Waals surface area contributed by atoms with E-state index in [1.165, 1.54) is 0 Å². The number of aromatic nitrogens is 2. The summed E-state index contributed by atoms with van der Waals surface area (Å²) in [6.45, 7) is 0.252. The molecule has 1 amide bonds. The van der Waals surface area contributed by atoms with Gasteiger partial charge >= 0.3 is 0 Å². The molecule has 3 rings (SSSR count). The number of hydrogen-bond acceptors (Lipinski definition) is 5. The highest BCUT2D eigenvalue weighted by atomic mass is 16.5. The average molecular weight is 279 g/mol. The molecule has 0 saturated carbocycles. The maximum Gasteiger partial charge on any atom is 0.237 e. The highest BCUT2D eigenvalue weighted by molar-refractivity contribution is 5.95. The molecule has 102 valence electrons. The molecule has 0 fully saturated rings. The first kappa shape index (κ1) is 12.7. The molecule has 0 aliphatic carbocycles. The number of amides is 1. The number of ether oxygens (including phenoxy) is 1. The van der Waals surface area contributed by atoms with E-state index in [2.05, 4.69) is 15.3 Å². The molecule has 1 aromatic carbocycles. The molecule has 2 heterocycles. The third-order valence-electron chi connectivity index (χ3n) is 3.18. The fourth-order valence-electron chi connectivity index (χ4n) is 2.18. The van der Waals surface area contributed by atoms with Gasteiger partial charge < -0.3 is 9.72 Å². The maximum atomic E-state index is 12.3. The SMILES string of the molecule is N#Cc1nc(NC(=O)C2COc3ccccc32)[nH]c1C#N. The molecule has 1 atom stereocenters. The van der Waals surface area contributed by atoms with Crippen molar-refractivity contribution < 1.29 is 9.53 Å². The number of nitriles is 2. The average Bonchev–Trinajstić information content (AvgIpc) is 3.10. The minimum absolute atomic E-state index is 0.0240. The number of hydrogen-bond donors (Lipinski definition) is 2. The molecule has 0 bridgehead atoms. The number of para-hydroxylation sites is 1. The molecular formula is C14H9N5O2. The minimum Gasteiger partial charge on any atom is -0.492 e. The zero-order chi connectivity index (χ0) is 14.8. The van der Waals surface area contributed by atoms with Crippen molar-refractivity contribution in [1.29, 1.82) is 10.5 Å². The Bertz CT molecular complexity index is 765. The van der Waals surface area contributed by atoms with Crippen molar-refractivity contribution in [2.45, 2.75) is 5.92 Å². The van der Waals surface area contributed by atoms with Crippen LogP contribution in [-0.4, -0.2) is 22.5 Å². The Morgan fingerprint density at radius 2 is 2.19 bits per heavy atom. The lowest BCUT2D eigenvalue weighted by Crippen LogP contribution is -2.22. The number of H-pyrrole nitrogens is 1. The van der Waals surface area contributed by atoms with Crippen LogP contribution in [0.5, 0.6) is 5.75 Å². The van der Waals surface area contributed by atoms with E-state index < -0.39 is 5.92 Å². The van der Waals surface area contributed by atoms with Gasteiger partial charge in [-0.15, -0.1) is 0 Å². The highest BCUT2D eigenvalue weighted by Gasteiger charge is 2.30. The first-order chi connectivity index (χ1) is 10.2.